The molecule has 0 saturated carbocycles. The fourth-order valence-electron chi connectivity index (χ4n) is 5.89. The zero-order valence-electron chi connectivity index (χ0n) is 29.1. The molecule has 0 radical (unpaired) electrons. The van der Waals surface area contributed by atoms with Crippen LogP contribution in [0.4, 0.5) is 0 Å². The van der Waals surface area contributed by atoms with Gasteiger partial charge in [0, 0.05) is 28.8 Å². The molecule has 20 nitrogen and oxygen atoms in total. The molecule has 58 heavy (non-hydrogen) atoms. The van der Waals surface area contributed by atoms with Crippen molar-refractivity contribution in [1.29, 1.82) is 0 Å². The number of fused-ring (bicyclic) bond motifs is 4. The summed E-state index contributed by atoms with van der Waals surface area (Å²) in [5.74, 6) is -14.4. The van der Waals surface area contributed by atoms with Gasteiger partial charge in [0.05, 0.1) is 17.4 Å². The summed E-state index contributed by atoms with van der Waals surface area (Å²) >= 11 is 0. The smallest absolute Gasteiger partial charge is 0.339 e. The maximum Gasteiger partial charge on any atom is 0.339 e. The van der Waals surface area contributed by atoms with Crippen LogP contribution in [-0.4, -0.2) is 117 Å². The largest absolute Gasteiger partial charge is 0.504 e. The molecule has 2 aliphatic heterocycles. The molecule has 2 heterocycles. The number of esters is 3. The Morgan fingerprint density at radius 3 is 1.86 bits per heavy atom. The van der Waals surface area contributed by atoms with Crippen molar-refractivity contribution < 1.29 is 99.0 Å². The number of hydrogen-bond acceptors (Lipinski definition) is 20. The third-order valence-electron chi connectivity index (χ3n) is 8.79. The maximum atomic E-state index is 14.0. The minimum Gasteiger partial charge on any atom is -0.504 e. The number of benzene rings is 4. The molecule has 20 heteroatoms. The van der Waals surface area contributed by atoms with E-state index in [9.17, 15) is 75.3 Å². The average molecular weight is 807 g/mol. The molecule has 0 aliphatic carbocycles. The van der Waals surface area contributed by atoms with Crippen LogP contribution in [0.3, 0.4) is 0 Å². The van der Waals surface area contributed by atoms with Gasteiger partial charge >= 0.3 is 17.9 Å². The molecule has 1 saturated heterocycles. The second-order valence-electron chi connectivity index (χ2n) is 12.5. The number of carbonyl (C=O) groups is 4. The summed E-state index contributed by atoms with van der Waals surface area (Å²) in [6.45, 7) is -0.962. The van der Waals surface area contributed by atoms with Crippen LogP contribution in [0.1, 0.15) is 36.6 Å². The van der Waals surface area contributed by atoms with Crippen LogP contribution in [0, 0.1) is 0 Å². The zero-order chi connectivity index (χ0) is 42.2. The minimum atomic E-state index is -2.13. The molecule has 302 valence electrons. The number of cyclic esters (lactones) is 1. The number of allylic oxidation sites excluding steroid dienone is 1. The predicted molar refractivity (Wildman–Crippen MR) is 189 cm³/mol. The van der Waals surface area contributed by atoms with Gasteiger partial charge in [-0.3, -0.25) is 4.79 Å². The van der Waals surface area contributed by atoms with Gasteiger partial charge < -0.3 is 79.9 Å². The van der Waals surface area contributed by atoms with E-state index >= 15 is 0 Å². The molecule has 4 aromatic carbocycles. The van der Waals surface area contributed by atoms with E-state index in [0.717, 1.165) is 48.6 Å². The summed E-state index contributed by atoms with van der Waals surface area (Å²) < 4.78 is 27.6. The monoisotopic (exact) mass is 806 g/mol. The Bertz CT molecular complexity index is 2400. The molecule has 0 unspecified atom stereocenters. The fourth-order valence-corrected chi connectivity index (χ4v) is 5.89. The Morgan fingerprint density at radius 2 is 1.26 bits per heavy atom. The molecule has 0 amide bonds. The topological polar surface area (TPSA) is 337 Å². The van der Waals surface area contributed by atoms with Crippen LogP contribution in [-0.2, 0) is 28.5 Å². The van der Waals surface area contributed by atoms with E-state index in [4.69, 9.17) is 23.7 Å². The Hall–Kier alpha value is -7.84. The lowest BCUT2D eigenvalue weighted by atomic mass is 9.92. The Labute approximate surface area is 323 Å². The van der Waals surface area contributed by atoms with Gasteiger partial charge in [0.1, 0.15) is 12.7 Å². The van der Waals surface area contributed by atoms with Crippen molar-refractivity contribution in [2.75, 3.05) is 6.61 Å². The molecular weight excluding hydrogens is 776 g/mol. The Balaban J connectivity index is 1.41. The number of aliphatic hydroxyl groups is 1. The van der Waals surface area contributed by atoms with E-state index in [2.05, 4.69) is 0 Å². The average Bonchev–Trinajstić information content (AvgIpc) is 3.20. The molecule has 0 aromatic heterocycles. The molecule has 1 fully saturated rings. The number of phenols is 10. The third-order valence-corrected chi connectivity index (χ3v) is 8.79. The van der Waals surface area contributed by atoms with Gasteiger partial charge in [-0.1, -0.05) is 6.07 Å². The quantitative estimate of drug-likeness (QED) is 0.0318. The van der Waals surface area contributed by atoms with E-state index in [1.807, 2.05) is 0 Å². The first-order chi connectivity index (χ1) is 27.5. The second kappa shape index (κ2) is 15.7. The fraction of sp³-hybridized carbons (Fsp3) is 0.158. The van der Waals surface area contributed by atoms with Crippen LogP contribution < -0.4 is 0 Å². The highest BCUT2D eigenvalue weighted by Crippen LogP contribution is 2.53. The molecule has 2 aliphatic rings. The number of hydrogen-bond donors (Lipinski definition) is 11. The highest BCUT2D eigenvalue weighted by Gasteiger charge is 2.51. The number of aromatic hydroxyl groups is 10. The van der Waals surface area contributed by atoms with Crippen LogP contribution in [0.2, 0.25) is 0 Å². The lowest BCUT2D eigenvalue weighted by molar-refractivity contribution is -0.290. The first-order valence-electron chi connectivity index (χ1n) is 16.5. The van der Waals surface area contributed by atoms with Crippen molar-refractivity contribution in [3.05, 3.63) is 89.2 Å². The number of aliphatic hydroxyl groups excluding tert-OH is 1. The van der Waals surface area contributed by atoms with Crippen LogP contribution in [0.15, 0.2) is 66.9 Å². The van der Waals surface area contributed by atoms with E-state index in [1.54, 1.807) is 0 Å². The molecule has 6 rings (SSSR count). The zero-order valence-corrected chi connectivity index (χ0v) is 29.1. The van der Waals surface area contributed by atoms with Gasteiger partial charge in [0.15, 0.2) is 70.1 Å². The normalized spacial score (nSPS) is 20.5. The van der Waals surface area contributed by atoms with Gasteiger partial charge in [-0.2, -0.15) is 0 Å². The highest BCUT2D eigenvalue weighted by atomic mass is 16.7. The molecular formula is C38H30O20. The lowest BCUT2D eigenvalue weighted by Crippen LogP contribution is -2.61. The van der Waals surface area contributed by atoms with E-state index in [0.29, 0.717) is 18.4 Å². The second-order valence-corrected chi connectivity index (χ2v) is 12.5. The summed E-state index contributed by atoms with van der Waals surface area (Å²) in [6, 6.07) is 7.81. The number of carbonyl (C=O) groups excluding carboxylic acids is 4. The van der Waals surface area contributed by atoms with Gasteiger partial charge in [-0.15, -0.1) is 0 Å². The van der Waals surface area contributed by atoms with Crippen LogP contribution in [0.25, 0.3) is 17.2 Å². The summed E-state index contributed by atoms with van der Waals surface area (Å²) in [6.07, 6.45) is -6.28. The van der Waals surface area contributed by atoms with Crippen molar-refractivity contribution in [3.8, 4) is 68.6 Å². The molecule has 4 aromatic rings. The lowest BCUT2D eigenvalue weighted by Gasteiger charge is -2.42. The standard InChI is InChI=1S/C38H30O20/c39-18(15-3-5-20(41)22(43)10-15)7-8-54-35-33(51)38(57-26(46)6-2-14-1-4-19(40)21(42)9-14)56-25-13-55-36(52)16-11-23(44)29(47)31(49)27(16)28-17(37(53)58-34(25)35)12-24(45)30(48)32(28)50/h1-12,25,33-35,38,40-45,47-51H,13H2/b6-2+,8-7+/t25-,33-,34-,35-,38+/m1/s1. The Kier molecular flexibility index (Phi) is 10.8. The van der Waals surface area contributed by atoms with Crippen LogP contribution >= 0.6 is 0 Å². The van der Waals surface area contributed by atoms with E-state index in [1.165, 1.54) is 6.07 Å². The molecule has 5 atom stereocenters. The number of rotatable bonds is 7. The molecule has 0 spiro atoms. The molecule has 11 N–H and O–H groups in total. The number of phenolic OH excluding ortho intramolecular Hbond substituents is 10. The van der Waals surface area contributed by atoms with Gasteiger partial charge in [-0.25, -0.2) is 14.4 Å². The minimum absolute atomic E-state index is 0.145. The van der Waals surface area contributed by atoms with E-state index < -0.39 is 141 Å². The first-order valence-corrected chi connectivity index (χ1v) is 16.5. The molecule has 0 bridgehead atoms. The van der Waals surface area contributed by atoms with Crippen molar-refractivity contribution in [1.82, 2.24) is 0 Å². The van der Waals surface area contributed by atoms with Crippen molar-refractivity contribution in [2.45, 2.75) is 30.7 Å². The summed E-state index contributed by atoms with van der Waals surface area (Å²) in [5, 5.41) is 113. The number of ketones is 1. The first kappa shape index (κ1) is 39.8. The Morgan fingerprint density at radius 1 is 0.672 bits per heavy atom. The highest BCUT2D eigenvalue weighted by molar-refractivity contribution is 6.08. The maximum absolute atomic E-state index is 14.0. The summed E-state index contributed by atoms with van der Waals surface area (Å²) in [5.41, 5.74) is -3.45. The van der Waals surface area contributed by atoms with Crippen molar-refractivity contribution in [3.63, 3.8) is 0 Å². The third kappa shape index (κ3) is 7.67. The van der Waals surface area contributed by atoms with Crippen molar-refractivity contribution in [2.24, 2.45) is 0 Å². The van der Waals surface area contributed by atoms with Gasteiger partial charge in [-0.05, 0) is 54.1 Å². The van der Waals surface area contributed by atoms with E-state index in [-0.39, 0.29) is 11.1 Å². The summed E-state index contributed by atoms with van der Waals surface area (Å²) in [7, 11) is 0. The SMILES string of the molecule is O=C(/C=C/c1ccc(O)c(O)c1)O[C@@H]1O[C@@H]2COC(=O)c3cc(O)c(O)c(O)c3-c3c(cc(O)c(O)c3O)C(=O)O[C@H]2[C@H](O/C=C/C(=O)c2ccc(O)c(O)c2)[C@H]1O. The predicted octanol–water partition coefficient (Wildman–Crippen LogP) is 2.23. The van der Waals surface area contributed by atoms with Crippen LogP contribution in [0.5, 0.6) is 57.5 Å². The number of ether oxygens (including phenoxy) is 5. The van der Waals surface area contributed by atoms with Gasteiger partial charge in [0.2, 0.25) is 17.8 Å². The summed E-state index contributed by atoms with van der Waals surface area (Å²) in [4.78, 5) is 53.4. The van der Waals surface area contributed by atoms with Gasteiger partial charge in [0.25, 0.3) is 0 Å². The van der Waals surface area contributed by atoms with Crippen molar-refractivity contribution >= 4 is 29.8 Å².